The van der Waals surface area contributed by atoms with Crippen LogP contribution in [0.2, 0.25) is 0 Å². The van der Waals surface area contributed by atoms with Gasteiger partial charge >= 0.3 is 0 Å². The first-order chi connectivity index (χ1) is 5.70. The Bertz CT molecular complexity index is 139. The minimum atomic E-state index is 0.117. The number of aliphatic hydroxyl groups excluding tert-OH is 2. The fourth-order valence-electron chi connectivity index (χ4n) is 0.778. The van der Waals surface area contributed by atoms with Gasteiger partial charge in [0.05, 0.1) is 0 Å². The van der Waals surface area contributed by atoms with Crippen molar-refractivity contribution in [2.24, 2.45) is 0 Å². The van der Waals surface area contributed by atoms with E-state index in [1.54, 1.807) is 0 Å². The van der Waals surface area contributed by atoms with Gasteiger partial charge in [-0.3, -0.25) is 0 Å². The number of hydrogen-bond acceptors (Lipinski definition) is 4. The van der Waals surface area contributed by atoms with Gasteiger partial charge in [0.2, 0.25) is 0 Å². The minimum Gasteiger partial charge on any atom is -0.396 e. The van der Waals surface area contributed by atoms with Gasteiger partial charge in [-0.15, -0.1) is 0 Å². The molecule has 4 heteroatoms. The van der Waals surface area contributed by atoms with E-state index in [0.29, 0.717) is 12.8 Å². The number of rotatable bonds is 7. The summed E-state index contributed by atoms with van der Waals surface area (Å²) < 4.78 is 0. The maximum Gasteiger partial charge on any atom is 0.0476 e. The van der Waals surface area contributed by atoms with Crippen molar-refractivity contribution in [3.8, 4) is 0 Å². The zero-order valence-corrected chi connectivity index (χ0v) is 8.59. The highest BCUT2D eigenvalue weighted by molar-refractivity contribution is 7.80. The molecule has 0 saturated carbocycles. The lowest BCUT2D eigenvalue weighted by molar-refractivity contribution is 0.306. The van der Waals surface area contributed by atoms with Crippen LogP contribution < -0.4 is 0 Å². The van der Waals surface area contributed by atoms with Gasteiger partial charge in [0.25, 0.3) is 0 Å². The first kappa shape index (κ1) is 12.1. The number of aliphatic hydroxyl groups is 2. The van der Waals surface area contributed by atoms with Crippen molar-refractivity contribution >= 4 is 34.2 Å². The Morgan fingerprint density at radius 3 is 1.33 bits per heavy atom. The van der Waals surface area contributed by atoms with Crippen molar-refractivity contribution in [2.75, 3.05) is 13.2 Å². The summed E-state index contributed by atoms with van der Waals surface area (Å²) in [5.74, 6) is 0. The quantitative estimate of drug-likeness (QED) is 0.616. The largest absolute Gasteiger partial charge is 0.396 e. The fourth-order valence-corrected chi connectivity index (χ4v) is 1.16. The first-order valence-electron chi connectivity index (χ1n) is 3.95. The van der Waals surface area contributed by atoms with E-state index in [4.69, 9.17) is 34.6 Å². The van der Waals surface area contributed by atoms with Gasteiger partial charge in [0.1, 0.15) is 0 Å². The molecule has 0 aliphatic heterocycles. The van der Waals surface area contributed by atoms with Crippen LogP contribution in [0.1, 0.15) is 25.7 Å². The van der Waals surface area contributed by atoms with Crippen LogP contribution in [0.25, 0.3) is 0 Å². The molecule has 0 fully saturated rings. The highest BCUT2D eigenvalue weighted by Gasteiger charge is 1.99. The van der Waals surface area contributed by atoms with Crippen LogP contribution >= 0.6 is 24.4 Å². The number of hydrogen-bond donors (Lipinski definition) is 2. The van der Waals surface area contributed by atoms with E-state index < -0.39 is 0 Å². The SMILES string of the molecule is OCCC(=S)CCC(=S)CCO. The predicted molar refractivity (Wildman–Crippen MR) is 57.8 cm³/mol. The Morgan fingerprint density at radius 1 is 0.750 bits per heavy atom. The normalized spacial score (nSPS) is 9.83. The van der Waals surface area contributed by atoms with Crippen molar-refractivity contribution < 1.29 is 10.2 Å². The average molecular weight is 206 g/mol. The van der Waals surface area contributed by atoms with Gasteiger partial charge in [0, 0.05) is 26.1 Å². The molecule has 0 aromatic heterocycles. The Balaban J connectivity index is 3.40. The molecule has 70 valence electrons. The lowest BCUT2D eigenvalue weighted by atomic mass is 10.1. The summed E-state index contributed by atoms with van der Waals surface area (Å²) in [5.41, 5.74) is 0. The molecule has 0 amide bonds. The monoisotopic (exact) mass is 206 g/mol. The minimum absolute atomic E-state index is 0.117. The van der Waals surface area contributed by atoms with E-state index in [-0.39, 0.29) is 13.2 Å². The van der Waals surface area contributed by atoms with E-state index in [9.17, 15) is 0 Å². The van der Waals surface area contributed by atoms with Gasteiger partial charge in [-0.05, 0) is 22.6 Å². The van der Waals surface area contributed by atoms with Crippen LogP contribution in [0.4, 0.5) is 0 Å². The molecule has 0 heterocycles. The summed E-state index contributed by atoms with van der Waals surface area (Å²) in [6.07, 6.45) is 2.68. The molecule has 2 N–H and O–H groups in total. The van der Waals surface area contributed by atoms with E-state index >= 15 is 0 Å². The van der Waals surface area contributed by atoms with Gasteiger partial charge in [-0.25, -0.2) is 0 Å². The van der Waals surface area contributed by atoms with Gasteiger partial charge in [0.15, 0.2) is 0 Å². The molecule has 0 saturated heterocycles. The van der Waals surface area contributed by atoms with Gasteiger partial charge in [-0.1, -0.05) is 24.4 Å². The van der Waals surface area contributed by atoms with E-state index in [1.165, 1.54) is 0 Å². The average Bonchev–Trinajstić information content (AvgIpc) is 2.02. The van der Waals surface area contributed by atoms with Gasteiger partial charge < -0.3 is 10.2 Å². The van der Waals surface area contributed by atoms with Crippen LogP contribution in [-0.4, -0.2) is 33.2 Å². The molecule has 0 unspecified atom stereocenters. The molecular formula is C8H14O2S2. The number of thiocarbonyl (C=S) groups is 2. The van der Waals surface area contributed by atoms with Crippen LogP contribution in [0.15, 0.2) is 0 Å². The Labute approximate surface area is 83.6 Å². The summed E-state index contributed by atoms with van der Waals surface area (Å²) in [4.78, 5) is 1.72. The molecule has 0 radical (unpaired) electrons. The van der Waals surface area contributed by atoms with E-state index in [0.717, 1.165) is 22.6 Å². The van der Waals surface area contributed by atoms with Crippen molar-refractivity contribution in [3.05, 3.63) is 0 Å². The summed E-state index contributed by atoms with van der Waals surface area (Å²) >= 11 is 9.95. The summed E-state index contributed by atoms with van der Waals surface area (Å²) in [5, 5.41) is 17.1. The Hall–Kier alpha value is 0.100. The van der Waals surface area contributed by atoms with Crippen molar-refractivity contribution in [3.63, 3.8) is 0 Å². The van der Waals surface area contributed by atoms with Crippen molar-refractivity contribution in [1.82, 2.24) is 0 Å². The molecule has 0 spiro atoms. The smallest absolute Gasteiger partial charge is 0.0476 e. The highest BCUT2D eigenvalue weighted by atomic mass is 32.1. The van der Waals surface area contributed by atoms with E-state index in [2.05, 4.69) is 0 Å². The van der Waals surface area contributed by atoms with Crippen molar-refractivity contribution in [1.29, 1.82) is 0 Å². The third-order valence-electron chi connectivity index (χ3n) is 1.46. The second kappa shape index (κ2) is 7.73. The summed E-state index contributed by atoms with van der Waals surface area (Å²) in [6, 6.07) is 0. The lowest BCUT2D eigenvalue weighted by Gasteiger charge is -2.02. The second-order valence-electron chi connectivity index (χ2n) is 2.52. The molecule has 0 aliphatic rings. The molecule has 0 bridgehead atoms. The zero-order valence-electron chi connectivity index (χ0n) is 6.95. The molecule has 12 heavy (non-hydrogen) atoms. The first-order valence-corrected chi connectivity index (χ1v) is 4.77. The molecular weight excluding hydrogens is 192 g/mol. The lowest BCUT2D eigenvalue weighted by Crippen LogP contribution is -2.03. The van der Waals surface area contributed by atoms with Crippen LogP contribution in [0, 0.1) is 0 Å². The van der Waals surface area contributed by atoms with E-state index in [1.807, 2.05) is 0 Å². The summed E-state index contributed by atoms with van der Waals surface area (Å²) in [7, 11) is 0. The molecule has 0 aliphatic carbocycles. The maximum absolute atomic E-state index is 8.54. The molecule has 0 aromatic carbocycles. The predicted octanol–water partition coefficient (Wildman–Crippen LogP) is 1.27. The summed E-state index contributed by atoms with van der Waals surface area (Å²) in [6.45, 7) is 0.233. The van der Waals surface area contributed by atoms with Crippen LogP contribution in [0.3, 0.4) is 0 Å². The Kier molecular flexibility index (Phi) is 7.80. The molecule has 0 atom stereocenters. The third-order valence-corrected chi connectivity index (χ3v) is 2.28. The third kappa shape index (κ3) is 6.79. The zero-order chi connectivity index (χ0) is 9.40. The molecule has 0 rings (SSSR count). The van der Waals surface area contributed by atoms with Gasteiger partial charge in [-0.2, -0.15) is 0 Å². The molecule has 0 aromatic rings. The van der Waals surface area contributed by atoms with Crippen LogP contribution in [-0.2, 0) is 0 Å². The fraction of sp³-hybridized carbons (Fsp3) is 0.750. The Morgan fingerprint density at radius 2 is 1.08 bits per heavy atom. The topological polar surface area (TPSA) is 40.5 Å². The highest BCUT2D eigenvalue weighted by Crippen LogP contribution is 2.02. The molecule has 2 nitrogen and oxygen atoms in total. The maximum atomic E-state index is 8.54. The standard InChI is InChI=1S/C8H14O2S2/c9-5-3-7(11)1-2-8(12)4-6-10/h9-10H,1-6H2. The second-order valence-corrected chi connectivity index (χ2v) is 3.68. The van der Waals surface area contributed by atoms with Crippen molar-refractivity contribution in [2.45, 2.75) is 25.7 Å². The van der Waals surface area contributed by atoms with Crippen LogP contribution in [0.5, 0.6) is 0 Å².